The van der Waals surface area contributed by atoms with Crippen LogP contribution < -0.4 is 0 Å². The number of hydrogen-bond donors (Lipinski definition) is 0. The van der Waals surface area contributed by atoms with Crippen LogP contribution in [0.25, 0.3) is 0 Å². The lowest BCUT2D eigenvalue weighted by molar-refractivity contribution is 0.0206. The molecule has 5 heteroatoms. The summed E-state index contributed by atoms with van der Waals surface area (Å²) in [7, 11) is -1.49. The fourth-order valence-electron chi connectivity index (χ4n) is 0.881. The van der Waals surface area contributed by atoms with Gasteiger partial charge in [0.25, 0.3) is 0 Å². The van der Waals surface area contributed by atoms with E-state index in [1.54, 1.807) is 0 Å². The molecular formula is C8H18O4S. The van der Waals surface area contributed by atoms with Crippen LogP contribution in [0.15, 0.2) is 0 Å². The molecule has 0 aromatic carbocycles. The van der Waals surface area contributed by atoms with Gasteiger partial charge in [0.1, 0.15) is 9.84 Å². The van der Waals surface area contributed by atoms with E-state index in [0.717, 1.165) is 6.42 Å². The molecule has 1 unspecified atom stereocenters. The van der Waals surface area contributed by atoms with E-state index >= 15 is 0 Å². The third-order valence-corrected chi connectivity index (χ3v) is 2.45. The summed E-state index contributed by atoms with van der Waals surface area (Å²) in [4.78, 5) is 0. The molecule has 0 heterocycles. The van der Waals surface area contributed by atoms with Gasteiger partial charge in [0.05, 0.1) is 18.5 Å². The molecule has 1 atom stereocenters. The highest BCUT2D eigenvalue weighted by atomic mass is 32.2. The van der Waals surface area contributed by atoms with Gasteiger partial charge in [-0.25, -0.2) is 8.42 Å². The quantitative estimate of drug-likeness (QED) is 0.573. The third kappa shape index (κ3) is 8.21. The Morgan fingerprint density at radius 2 is 2.00 bits per heavy atom. The van der Waals surface area contributed by atoms with Crippen molar-refractivity contribution in [3.05, 3.63) is 0 Å². The van der Waals surface area contributed by atoms with E-state index in [9.17, 15) is 8.42 Å². The highest BCUT2D eigenvalue weighted by Crippen LogP contribution is 1.97. The zero-order valence-electron chi connectivity index (χ0n) is 8.45. The third-order valence-electron chi connectivity index (χ3n) is 1.47. The maximum Gasteiger partial charge on any atom is 0.150 e. The molecule has 80 valence electrons. The molecule has 0 aliphatic carbocycles. The maximum atomic E-state index is 10.9. The standard InChI is InChI=1S/C8H18O4S/c1-4-5-12-6-8(11-2)7-13(3,9)10/h8H,4-7H2,1-3H3. The number of ether oxygens (including phenoxy) is 2. The first kappa shape index (κ1) is 12.9. The Labute approximate surface area is 80.1 Å². The number of sulfone groups is 1. The second kappa shape index (κ2) is 6.34. The number of hydrogen-bond acceptors (Lipinski definition) is 4. The van der Waals surface area contributed by atoms with Crippen LogP contribution in [0.4, 0.5) is 0 Å². The molecule has 0 aliphatic rings. The molecule has 0 rings (SSSR count). The molecule has 0 amide bonds. The van der Waals surface area contributed by atoms with Gasteiger partial charge in [-0.05, 0) is 6.42 Å². The van der Waals surface area contributed by atoms with Crippen LogP contribution in [0, 0.1) is 0 Å². The Bertz CT molecular complexity index is 210. The highest BCUT2D eigenvalue weighted by molar-refractivity contribution is 7.90. The van der Waals surface area contributed by atoms with Crippen LogP contribution in [0.2, 0.25) is 0 Å². The summed E-state index contributed by atoms with van der Waals surface area (Å²) in [5, 5.41) is 0. The van der Waals surface area contributed by atoms with Crippen LogP contribution in [0.3, 0.4) is 0 Å². The van der Waals surface area contributed by atoms with Crippen molar-refractivity contribution in [2.24, 2.45) is 0 Å². The zero-order valence-corrected chi connectivity index (χ0v) is 9.26. The van der Waals surface area contributed by atoms with Crippen molar-refractivity contribution in [1.82, 2.24) is 0 Å². The minimum Gasteiger partial charge on any atom is -0.379 e. The smallest absolute Gasteiger partial charge is 0.150 e. The fourth-order valence-corrected chi connectivity index (χ4v) is 1.79. The van der Waals surface area contributed by atoms with E-state index in [1.165, 1.54) is 13.4 Å². The summed E-state index contributed by atoms with van der Waals surface area (Å²) < 4.78 is 32.0. The van der Waals surface area contributed by atoms with Crippen molar-refractivity contribution < 1.29 is 17.9 Å². The van der Waals surface area contributed by atoms with Crippen LogP contribution in [-0.2, 0) is 19.3 Å². The summed E-state index contributed by atoms with van der Waals surface area (Å²) in [5.41, 5.74) is 0. The molecular weight excluding hydrogens is 192 g/mol. The number of rotatable bonds is 7. The first-order chi connectivity index (χ1) is 5.99. The van der Waals surface area contributed by atoms with E-state index in [-0.39, 0.29) is 11.9 Å². The van der Waals surface area contributed by atoms with E-state index in [4.69, 9.17) is 9.47 Å². The van der Waals surface area contributed by atoms with E-state index in [0.29, 0.717) is 13.2 Å². The summed E-state index contributed by atoms with van der Waals surface area (Å²) in [6.07, 6.45) is 1.77. The Morgan fingerprint density at radius 3 is 2.38 bits per heavy atom. The summed E-state index contributed by atoms with van der Waals surface area (Å²) in [6.45, 7) is 2.99. The van der Waals surface area contributed by atoms with E-state index < -0.39 is 9.84 Å². The largest absolute Gasteiger partial charge is 0.379 e. The van der Waals surface area contributed by atoms with Gasteiger partial charge in [0.15, 0.2) is 0 Å². The van der Waals surface area contributed by atoms with Gasteiger partial charge in [-0.2, -0.15) is 0 Å². The van der Waals surface area contributed by atoms with Crippen LogP contribution >= 0.6 is 0 Å². The van der Waals surface area contributed by atoms with Crippen LogP contribution in [0.1, 0.15) is 13.3 Å². The van der Waals surface area contributed by atoms with Gasteiger partial charge in [0.2, 0.25) is 0 Å². The van der Waals surface area contributed by atoms with Crippen molar-refractivity contribution in [3.63, 3.8) is 0 Å². The first-order valence-corrected chi connectivity index (χ1v) is 6.34. The first-order valence-electron chi connectivity index (χ1n) is 4.28. The molecule has 13 heavy (non-hydrogen) atoms. The fraction of sp³-hybridized carbons (Fsp3) is 1.00. The lowest BCUT2D eigenvalue weighted by Crippen LogP contribution is -2.27. The summed E-state index contributed by atoms with van der Waals surface area (Å²) in [5.74, 6) is 0.0210. The molecule has 0 saturated carbocycles. The molecule has 0 fully saturated rings. The minimum atomic E-state index is -2.98. The Balaban J connectivity index is 3.77. The van der Waals surface area contributed by atoms with Crippen molar-refractivity contribution in [2.75, 3.05) is 32.3 Å². The van der Waals surface area contributed by atoms with Gasteiger partial charge in [-0.1, -0.05) is 6.92 Å². The van der Waals surface area contributed by atoms with Crippen molar-refractivity contribution in [1.29, 1.82) is 0 Å². The second-order valence-corrected chi connectivity index (χ2v) is 5.21. The SMILES string of the molecule is CCCOCC(CS(C)(=O)=O)OC. The lowest BCUT2D eigenvalue weighted by Gasteiger charge is -2.13. The predicted molar refractivity (Wildman–Crippen MR) is 51.6 cm³/mol. The lowest BCUT2D eigenvalue weighted by atomic mass is 10.4. The molecule has 0 spiro atoms. The normalized spacial score (nSPS) is 14.4. The Kier molecular flexibility index (Phi) is 6.28. The Hall–Kier alpha value is -0.130. The van der Waals surface area contributed by atoms with Crippen molar-refractivity contribution in [2.45, 2.75) is 19.4 Å². The molecule has 0 bridgehead atoms. The summed E-state index contributed by atoms with van der Waals surface area (Å²) in [6, 6.07) is 0. The molecule has 0 radical (unpaired) electrons. The van der Waals surface area contributed by atoms with Gasteiger partial charge in [0, 0.05) is 20.0 Å². The number of methoxy groups -OCH3 is 1. The minimum absolute atomic E-state index is 0.0210. The van der Waals surface area contributed by atoms with E-state index in [2.05, 4.69) is 0 Å². The monoisotopic (exact) mass is 210 g/mol. The molecule has 0 saturated heterocycles. The second-order valence-electron chi connectivity index (χ2n) is 3.03. The average Bonchev–Trinajstić information content (AvgIpc) is 2.01. The average molecular weight is 210 g/mol. The molecule has 0 aromatic heterocycles. The summed E-state index contributed by atoms with van der Waals surface area (Å²) >= 11 is 0. The predicted octanol–water partition coefficient (Wildman–Crippen LogP) is 0.473. The zero-order chi connectivity index (χ0) is 10.3. The Morgan fingerprint density at radius 1 is 1.38 bits per heavy atom. The topological polar surface area (TPSA) is 52.6 Å². The van der Waals surface area contributed by atoms with Crippen LogP contribution in [0.5, 0.6) is 0 Å². The van der Waals surface area contributed by atoms with Gasteiger partial charge in [-0.15, -0.1) is 0 Å². The van der Waals surface area contributed by atoms with Gasteiger partial charge < -0.3 is 9.47 Å². The molecule has 0 aromatic rings. The van der Waals surface area contributed by atoms with Crippen LogP contribution in [-0.4, -0.2) is 46.9 Å². The molecule has 0 N–H and O–H groups in total. The van der Waals surface area contributed by atoms with Crippen molar-refractivity contribution >= 4 is 9.84 Å². The highest BCUT2D eigenvalue weighted by Gasteiger charge is 2.14. The van der Waals surface area contributed by atoms with E-state index in [1.807, 2.05) is 6.92 Å². The molecule has 0 aliphatic heterocycles. The van der Waals surface area contributed by atoms with Gasteiger partial charge in [-0.3, -0.25) is 0 Å². The van der Waals surface area contributed by atoms with Crippen molar-refractivity contribution in [3.8, 4) is 0 Å². The maximum absolute atomic E-state index is 10.9. The molecule has 4 nitrogen and oxygen atoms in total. The van der Waals surface area contributed by atoms with Gasteiger partial charge >= 0.3 is 0 Å².